The lowest BCUT2D eigenvalue weighted by Crippen LogP contribution is -2.36. The van der Waals surface area contributed by atoms with Crippen LogP contribution >= 0.6 is 23.4 Å². The van der Waals surface area contributed by atoms with Crippen molar-refractivity contribution in [2.75, 3.05) is 37.5 Å². The quantitative estimate of drug-likeness (QED) is 0.110. The molecule has 3 aromatic carbocycles. The van der Waals surface area contributed by atoms with Crippen LogP contribution in [0, 0.1) is 0 Å². The number of ether oxygens (including phenoxy) is 3. The lowest BCUT2D eigenvalue weighted by molar-refractivity contribution is -0.127. The number of anilines is 2. The number of nitrogens with one attached hydrogen (secondary N) is 2. The summed E-state index contributed by atoms with van der Waals surface area (Å²) in [4.78, 5) is 64.2. The molecule has 0 spiro atoms. The molecule has 1 fully saturated rings. The second-order valence-corrected chi connectivity index (χ2v) is 11.7. The number of esters is 1. The summed E-state index contributed by atoms with van der Waals surface area (Å²) in [5.41, 5.74) is 2.68. The third-order valence-corrected chi connectivity index (χ3v) is 8.10. The average molecular weight is 680 g/mol. The van der Waals surface area contributed by atoms with Gasteiger partial charge >= 0.3 is 5.97 Å². The molecular formula is C34H34ClN3O8S. The summed E-state index contributed by atoms with van der Waals surface area (Å²) in [6.45, 7) is 3.46. The SMILES string of the molecule is CCCCOC(=O)c1cc(NC(=O)CN2C(=O)S/C(=C\c3ccc(OCC(=O)Nc4ccc(CC)cc4)c(OC)c3)C2=O)ccc1Cl. The van der Waals surface area contributed by atoms with E-state index in [0.717, 1.165) is 23.3 Å². The van der Waals surface area contributed by atoms with Crippen molar-refractivity contribution in [3.63, 3.8) is 0 Å². The minimum atomic E-state index is -0.647. The molecule has 0 unspecified atom stereocenters. The number of amides is 4. The molecular weight excluding hydrogens is 646 g/mol. The molecule has 13 heteroatoms. The molecule has 0 bridgehead atoms. The van der Waals surface area contributed by atoms with Gasteiger partial charge < -0.3 is 24.8 Å². The zero-order chi connectivity index (χ0) is 33.9. The molecule has 11 nitrogen and oxygen atoms in total. The van der Waals surface area contributed by atoms with E-state index in [1.165, 1.54) is 31.4 Å². The van der Waals surface area contributed by atoms with Crippen LogP contribution in [0.3, 0.4) is 0 Å². The van der Waals surface area contributed by atoms with E-state index in [1.807, 2.05) is 38.1 Å². The van der Waals surface area contributed by atoms with Crippen molar-refractivity contribution < 1.29 is 38.2 Å². The number of hydrogen-bond acceptors (Lipinski definition) is 9. The molecule has 4 rings (SSSR count). The predicted molar refractivity (Wildman–Crippen MR) is 181 cm³/mol. The first-order chi connectivity index (χ1) is 22.6. The summed E-state index contributed by atoms with van der Waals surface area (Å²) >= 11 is 6.83. The minimum absolute atomic E-state index is 0.0856. The fourth-order valence-corrected chi connectivity index (χ4v) is 5.37. The van der Waals surface area contributed by atoms with Gasteiger partial charge in [0.25, 0.3) is 17.1 Å². The smallest absolute Gasteiger partial charge is 0.339 e. The van der Waals surface area contributed by atoms with Gasteiger partial charge in [0.05, 0.1) is 29.2 Å². The first-order valence-electron chi connectivity index (χ1n) is 14.8. The van der Waals surface area contributed by atoms with Crippen LogP contribution in [0.15, 0.2) is 65.6 Å². The van der Waals surface area contributed by atoms with E-state index in [0.29, 0.717) is 40.9 Å². The average Bonchev–Trinajstić information content (AvgIpc) is 3.32. The van der Waals surface area contributed by atoms with Crippen molar-refractivity contribution in [3.8, 4) is 11.5 Å². The summed E-state index contributed by atoms with van der Waals surface area (Å²) in [7, 11) is 1.44. The summed E-state index contributed by atoms with van der Waals surface area (Å²) in [5, 5.41) is 4.91. The Balaban J connectivity index is 1.35. The van der Waals surface area contributed by atoms with Crippen LogP contribution in [-0.2, 0) is 25.5 Å². The molecule has 1 saturated heterocycles. The Labute approximate surface area is 281 Å². The number of aryl methyl sites for hydroxylation is 1. The van der Waals surface area contributed by atoms with Gasteiger partial charge in [-0.05, 0) is 84.3 Å². The third-order valence-electron chi connectivity index (χ3n) is 6.87. The van der Waals surface area contributed by atoms with E-state index < -0.39 is 29.6 Å². The maximum Gasteiger partial charge on any atom is 0.339 e. The fourth-order valence-electron chi connectivity index (χ4n) is 4.34. The Hall–Kier alpha value is -4.81. The zero-order valence-electron chi connectivity index (χ0n) is 26.1. The largest absolute Gasteiger partial charge is 0.493 e. The van der Waals surface area contributed by atoms with Crippen molar-refractivity contribution in [1.29, 1.82) is 0 Å². The number of carbonyl (C=O) groups is 5. The normalized spacial score (nSPS) is 13.4. The number of benzene rings is 3. The Morgan fingerprint density at radius 3 is 2.34 bits per heavy atom. The Morgan fingerprint density at radius 1 is 0.915 bits per heavy atom. The van der Waals surface area contributed by atoms with Crippen LogP contribution in [0.25, 0.3) is 6.08 Å². The number of unbranched alkanes of at least 4 members (excludes halogenated alkanes) is 1. The zero-order valence-corrected chi connectivity index (χ0v) is 27.7. The van der Waals surface area contributed by atoms with Crippen molar-refractivity contribution in [2.45, 2.75) is 33.1 Å². The standard InChI is InChI=1S/C34H34ClN3O8S/c1-4-6-15-45-33(42)25-18-24(12-13-26(25)35)37-30(39)19-38-32(41)29(47-34(38)43)17-22-9-14-27(28(16-22)44-3)46-20-31(40)36-23-10-7-21(5-2)8-11-23/h7-14,16-18H,4-6,15,19-20H2,1-3H3,(H,36,40)(H,37,39)/b29-17-. The Morgan fingerprint density at radius 2 is 1.64 bits per heavy atom. The fraction of sp³-hybridized carbons (Fsp3) is 0.265. The number of hydrogen-bond donors (Lipinski definition) is 2. The molecule has 246 valence electrons. The second kappa shape index (κ2) is 16.7. The molecule has 0 radical (unpaired) electrons. The van der Waals surface area contributed by atoms with Gasteiger partial charge in [-0.15, -0.1) is 0 Å². The highest BCUT2D eigenvalue weighted by Gasteiger charge is 2.36. The van der Waals surface area contributed by atoms with E-state index >= 15 is 0 Å². The topological polar surface area (TPSA) is 140 Å². The molecule has 1 heterocycles. The lowest BCUT2D eigenvalue weighted by atomic mass is 10.1. The van der Waals surface area contributed by atoms with Crippen LogP contribution in [-0.4, -0.2) is 60.7 Å². The number of methoxy groups -OCH3 is 1. The molecule has 1 aliphatic heterocycles. The number of imide groups is 1. The van der Waals surface area contributed by atoms with E-state index in [1.54, 1.807) is 18.2 Å². The molecule has 0 atom stereocenters. The highest BCUT2D eigenvalue weighted by molar-refractivity contribution is 8.18. The number of nitrogens with zero attached hydrogens (tertiary/aromatic N) is 1. The van der Waals surface area contributed by atoms with Crippen molar-refractivity contribution >= 4 is 69.7 Å². The maximum absolute atomic E-state index is 13.1. The van der Waals surface area contributed by atoms with E-state index in [-0.39, 0.29) is 40.3 Å². The summed E-state index contributed by atoms with van der Waals surface area (Å²) < 4.78 is 16.3. The number of thioether (sulfide) groups is 1. The summed E-state index contributed by atoms with van der Waals surface area (Å²) in [6.07, 6.45) is 3.95. The van der Waals surface area contributed by atoms with Gasteiger partial charge in [0.15, 0.2) is 18.1 Å². The third kappa shape index (κ3) is 9.60. The lowest BCUT2D eigenvalue weighted by Gasteiger charge is -2.13. The number of halogens is 1. The second-order valence-electron chi connectivity index (χ2n) is 10.3. The van der Waals surface area contributed by atoms with Crippen molar-refractivity contribution in [1.82, 2.24) is 4.90 Å². The monoisotopic (exact) mass is 679 g/mol. The molecule has 0 aliphatic carbocycles. The van der Waals surface area contributed by atoms with Gasteiger partial charge in [0.2, 0.25) is 5.91 Å². The molecule has 0 aromatic heterocycles. The van der Waals surface area contributed by atoms with Crippen LogP contribution in [0.1, 0.15) is 48.2 Å². The first-order valence-corrected chi connectivity index (χ1v) is 16.0. The van der Waals surface area contributed by atoms with Crippen molar-refractivity contribution in [2.24, 2.45) is 0 Å². The van der Waals surface area contributed by atoms with Crippen LogP contribution < -0.4 is 20.1 Å². The predicted octanol–water partition coefficient (Wildman–Crippen LogP) is 6.56. The minimum Gasteiger partial charge on any atom is -0.493 e. The summed E-state index contributed by atoms with van der Waals surface area (Å²) in [5.74, 6) is -1.63. The van der Waals surface area contributed by atoms with Crippen molar-refractivity contribution in [3.05, 3.63) is 87.3 Å². The first kappa shape index (κ1) is 35.1. The van der Waals surface area contributed by atoms with Crippen LogP contribution in [0.2, 0.25) is 5.02 Å². The van der Waals surface area contributed by atoms with E-state index in [9.17, 15) is 24.0 Å². The van der Waals surface area contributed by atoms with Gasteiger partial charge in [-0.25, -0.2) is 4.79 Å². The molecule has 4 amide bonds. The highest BCUT2D eigenvalue weighted by Crippen LogP contribution is 2.34. The molecule has 0 saturated carbocycles. The Kier molecular flexibility index (Phi) is 12.4. The maximum atomic E-state index is 13.1. The summed E-state index contributed by atoms with van der Waals surface area (Å²) in [6, 6.07) is 16.7. The molecule has 47 heavy (non-hydrogen) atoms. The van der Waals surface area contributed by atoms with Crippen LogP contribution in [0.5, 0.6) is 11.5 Å². The van der Waals surface area contributed by atoms with Gasteiger partial charge in [0.1, 0.15) is 6.54 Å². The number of carbonyl (C=O) groups excluding carboxylic acids is 5. The molecule has 3 aromatic rings. The molecule has 1 aliphatic rings. The highest BCUT2D eigenvalue weighted by atomic mass is 35.5. The van der Waals surface area contributed by atoms with Gasteiger partial charge in [-0.3, -0.25) is 24.1 Å². The van der Waals surface area contributed by atoms with Gasteiger partial charge in [-0.2, -0.15) is 0 Å². The Bertz CT molecular complexity index is 1690. The van der Waals surface area contributed by atoms with Crippen LogP contribution in [0.4, 0.5) is 16.2 Å². The van der Waals surface area contributed by atoms with Gasteiger partial charge in [0, 0.05) is 11.4 Å². The van der Waals surface area contributed by atoms with E-state index in [2.05, 4.69) is 10.6 Å². The van der Waals surface area contributed by atoms with Gasteiger partial charge in [-0.1, -0.05) is 50.1 Å². The number of rotatable bonds is 14. The molecule has 2 N–H and O–H groups in total. The van der Waals surface area contributed by atoms with E-state index in [4.69, 9.17) is 25.8 Å².